The van der Waals surface area contributed by atoms with E-state index in [-0.39, 0.29) is 12.6 Å². The number of hydrogen-bond acceptors (Lipinski definition) is 3. The Balaban J connectivity index is 1.88. The van der Waals surface area contributed by atoms with Crippen LogP contribution >= 0.6 is 0 Å². The summed E-state index contributed by atoms with van der Waals surface area (Å²) in [5.41, 5.74) is 2.33. The monoisotopic (exact) mass is 235 g/mol. The predicted molar refractivity (Wildman–Crippen MR) is 68.4 cm³/mol. The maximum atomic E-state index is 9.26. The summed E-state index contributed by atoms with van der Waals surface area (Å²) in [5.74, 6) is 0.918. The summed E-state index contributed by atoms with van der Waals surface area (Å²) in [7, 11) is 0. The Bertz CT molecular complexity index is 374. The highest BCUT2D eigenvalue weighted by Crippen LogP contribution is 2.21. The van der Waals surface area contributed by atoms with E-state index in [1.165, 1.54) is 18.4 Å². The first-order valence-electron chi connectivity index (χ1n) is 6.26. The van der Waals surface area contributed by atoms with Crippen LogP contribution in [-0.2, 0) is 0 Å². The van der Waals surface area contributed by atoms with Crippen molar-refractivity contribution in [2.45, 2.75) is 38.8 Å². The van der Waals surface area contributed by atoms with Gasteiger partial charge in [0.2, 0.25) is 0 Å². The van der Waals surface area contributed by atoms with Gasteiger partial charge in [-0.25, -0.2) is 0 Å². The number of aryl methyl sites for hydroxylation is 2. The van der Waals surface area contributed by atoms with Gasteiger partial charge in [-0.1, -0.05) is 12.1 Å². The third-order valence-corrected chi connectivity index (χ3v) is 3.05. The highest BCUT2D eigenvalue weighted by molar-refractivity contribution is 5.35. The molecule has 0 spiro atoms. The average Bonchev–Trinajstić information content (AvgIpc) is 3.12. The topological polar surface area (TPSA) is 41.5 Å². The summed E-state index contributed by atoms with van der Waals surface area (Å²) in [4.78, 5) is 0. The van der Waals surface area contributed by atoms with Gasteiger partial charge in [-0.05, 0) is 43.9 Å². The molecule has 17 heavy (non-hydrogen) atoms. The van der Waals surface area contributed by atoms with Crippen LogP contribution in [0.4, 0.5) is 0 Å². The second-order valence-electron chi connectivity index (χ2n) is 4.90. The van der Waals surface area contributed by atoms with E-state index in [2.05, 4.69) is 24.4 Å². The number of ether oxygens (including phenoxy) is 1. The van der Waals surface area contributed by atoms with Crippen LogP contribution in [0.2, 0.25) is 0 Å². The minimum Gasteiger partial charge on any atom is -0.492 e. The maximum Gasteiger partial charge on any atom is 0.122 e. The van der Waals surface area contributed by atoms with E-state index in [9.17, 15) is 5.11 Å². The lowest BCUT2D eigenvalue weighted by Crippen LogP contribution is -2.39. The Morgan fingerprint density at radius 2 is 2.18 bits per heavy atom. The molecule has 0 amide bonds. The summed E-state index contributed by atoms with van der Waals surface area (Å²) in [6.45, 7) is 4.74. The zero-order valence-electron chi connectivity index (χ0n) is 10.6. The largest absolute Gasteiger partial charge is 0.492 e. The number of benzene rings is 1. The van der Waals surface area contributed by atoms with E-state index in [1.54, 1.807) is 0 Å². The molecule has 0 radical (unpaired) electrons. The maximum absolute atomic E-state index is 9.26. The molecule has 1 saturated carbocycles. The quantitative estimate of drug-likeness (QED) is 0.790. The van der Waals surface area contributed by atoms with Crippen molar-refractivity contribution in [3.05, 3.63) is 29.3 Å². The molecule has 0 bridgehead atoms. The number of rotatable bonds is 6. The zero-order chi connectivity index (χ0) is 12.3. The van der Waals surface area contributed by atoms with E-state index in [1.807, 2.05) is 13.0 Å². The molecule has 0 heterocycles. The number of aliphatic hydroxyl groups is 1. The van der Waals surface area contributed by atoms with Gasteiger partial charge in [0.25, 0.3) is 0 Å². The molecule has 2 rings (SSSR count). The Morgan fingerprint density at radius 3 is 2.82 bits per heavy atom. The second kappa shape index (κ2) is 5.52. The Morgan fingerprint density at radius 1 is 1.41 bits per heavy atom. The smallest absolute Gasteiger partial charge is 0.122 e. The van der Waals surface area contributed by atoms with Gasteiger partial charge >= 0.3 is 0 Å². The van der Waals surface area contributed by atoms with E-state index < -0.39 is 0 Å². The molecular formula is C14H21NO2. The lowest BCUT2D eigenvalue weighted by atomic mass is 10.1. The fourth-order valence-corrected chi connectivity index (χ4v) is 1.79. The molecule has 1 unspecified atom stereocenters. The van der Waals surface area contributed by atoms with Crippen LogP contribution in [-0.4, -0.2) is 30.4 Å². The van der Waals surface area contributed by atoms with Gasteiger partial charge < -0.3 is 15.2 Å². The van der Waals surface area contributed by atoms with Crippen LogP contribution in [0.1, 0.15) is 24.0 Å². The van der Waals surface area contributed by atoms with Crippen LogP contribution < -0.4 is 10.1 Å². The van der Waals surface area contributed by atoms with Crippen molar-refractivity contribution in [3.8, 4) is 5.75 Å². The Kier molecular flexibility index (Phi) is 4.02. The first kappa shape index (κ1) is 12.4. The molecule has 1 aliphatic carbocycles. The molecule has 94 valence electrons. The average molecular weight is 235 g/mol. The van der Waals surface area contributed by atoms with Crippen LogP contribution in [0, 0.1) is 13.8 Å². The van der Waals surface area contributed by atoms with E-state index in [4.69, 9.17) is 4.74 Å². The van der Waals surface area contributed by atoms with Gasteiger partial charge in [-0.2, -0.15) is 0 Å². The lowest BCUT2D eigenvalue weighted by molar-refractivity contribution is 0.181. The molecule has 0 aromatic heterocycles. The fourth-order valence-electron chi connectivity index (χ4n) is 1.79. The van der Waals surface area contributed by atoms with Gasteiger partial charge in [0.15, 0.2) is 0 Å². The van der Waals surface area contributed by atoms with E-state index in [0.29, 0.717) is 12.6 Å². The molecule has 1 aromatic rings. The second-order valence-corrected chi connectivity index (χ2v) is 4.90. The molecule has 1 aromatic carbocycles. The van der Waals surface area contributed by atoms with Crippen molar-refractivity contribution >= 4 is 0 Å². The van der Waals surface area contributed by atoms with Crippen LogP contribution in [0.3, 0.4) is 0 Å². The summed E-state index contributed by atoms with van der Waals surface area (Å²) >= 11 is 0. The predicted octanol–water partition coefficient (Wildman–Crippen LogP) is 1.80. The minimum absolute atomic E-state index is 0.0439. The van der Waals surface area contributed by atoms with Crippen molar-refractivity contribution in [1.82, 2.24) is 5.32 Å². The highest BCUT2D eigenvalue weighted by atomic mass is 16.5. The number of aliphatic hydroxyl groups excluding tert-OH is 1. The molecular weight excluding hydrogens is 214 g/mol. The van der Waals surface area contributed by atoms with Gasteiger partial charge in [0.05, 0.1) is 12.6 Å². The summed E-state index contributed by atoms with van der Waals surface area (Å²) < 4.78 is 5.78. The fraction of sp³-hybridized carbons (Fsp3) is 0.571. The molecule has 2 N–H and O–H groups in total. The summed E-state index contributed by atoms with van der Waals surface area (Å²) in [6.07, 6.45) is 2.44. The summed E-state index contributed by atoms with van der Waals surface area (Å²) in [6, 6.07) is 6.82. The minimum atomic E-state index is 0.0439. The SMILES string of the molecule is Cc1ccc(C)c(OCC(CO)NC2CC2)c1. The summed E-state index contributed by atoms with van der Waals surface area (Å²) in [5, 5.41) is 12.6. The highest BCUT2D eigenvalue weighted by Gasteiger charge is 2.24. The molecule has 0 saturated heterocycles. The van der Waals surface area contributed by atoms with E-state index >= 15 is 0 Å². The van der Waals surface area contributed by atoms with Gasteiger partial charge in [-0.15, -0.1) is 0 Å². The standard InChI is InChI=1S/C14H21NO2/c1-10-3-4-11(2)14(7-10)17-9-13(8-16)15-12-5-6-12/h3-4,7,12-13,15-16H,5-6,8-9H2,1-2H3. The molecule has 0 aliphatic heterocycles. The molecule has 3 heteroatoms. The number of nitrogens with one attached hydrogen (secondary N) is 1. The Hall–Kier alpha value is -1.06. The van der Waals surface area contributed by atoms with E-state index in [0.717, 1.165) is 11.3 Å². The molecule has 3 nitrogen and oxygen atoms in total. The van der Waals surface area contributed by atoms with Gasteiger partial charge in [-0.3, -0.25) is 0 Å². The van der Waals surface area contributed by atoms with Crippen LogP contribution in [0.5, 0.6) is 5.75 Å². The third-order valence-electron chi connectivity index (χ3n) is 3.05. The number of hydrogen-bond donors (Lipinski definition) is 2. The van der Waals surface area contributed by atoms with Crippen LogP contribution in [0.25, 0.3) is 0 Å². The lowest BCUT2D eigenvalue weighted by Gasteiger charge is -2.18. The van der Waals surface area contributed by atoms with Crippen molar-refractivity contribution in [2.24, 2.45) is 0 Å². The third kappa shape index (κ3) is 3.72. The zero-order valence-corrected chi connectivity index (χ0v) is 10.6. The van der Waals surface area contributed by atoms with Crippen molar-refractivity contribution in [1.29, 1.82) is 0 Å². The molecule has 1 atom stereocenters. The normalized spacial score (nSPS) is 16.9. The Labute approximate surface area is 103 Å². The molecule has 1 fully saturated rings. The molecule has 1 aliphatic rings. The first-order chi connectivity index (χ1) is 8.19. The first-order valence-corrected chi connectivity index (χ1v) is 6.26. The van der Waals surface area contributed by atoms with Crippen LogP contribution in [0.15, 0.2) is 18.2 Å². The van der Waals surface area contributed by atoms with Crippen molar-refractivity contribution in [3.63, 3.8) is 0 Å². The van der Waals surface area contributed by atoms with Gasteiger partial charge in [0, 0.05) is 6.04 Å². The van der Waals surface area contributed by atoms with Crippen molar-refractivity contribution < 1.29 is 9.84 Å². The van der Waals surface area contributed by atoms with Gasteiger partial charge in [0.1, 0.15) is 12.4 Å². The van der Waals surface area contributed by atoms with Crippen molar-refractivity contribution in [2.75, 3.05) is 13.2 Å².